The molecule has 0 spiro atoms. The second-order valence-electron chi connectivity index (χ2n) is 6.95. The Bertz CT molecular complexity index is 818. The van der Waals surface area contributed by atoms with Crippen LogP contribution in [0.15, 0.2) is 18.3 Å². The monoisotopic (exact) mass is 403 g/mol. The lowest BCUT2D eigenvalue weighted by atomic mass is 10.1. The molecule has 1 atom stereocenters. The van der Waals surface area contributed by atoms with Gasteiger partial charge in [-0.05, 0) is 19.1 Å². The summed E-state index contributed by atoms with van der Waals surface area (Å²) in [5.74, 6) is 0.00808. The van der Waals surface area contributed by atoms with Crippen molar-refractivity contribution in [1.82, 2.24) is 20.1 Å². The van der Waals surface area contributed by atoms with Crippen molar-refractivity contribution in [2.45, 2.75) is 13.0 Å². The van der Waals surface area contributed by atoms with E-state index in [0.717, 1.165) is 50.7 Å². The Morgan fingerprint density at radius 3 is 2.72 bits per heavy atom. The Labute approximate surface area is 170 Å². The number of aromatic amines is 1. The minimum absolute atomic E-state index is 0.182. The van der Waals surface area contributed by atoms with E-state index in [4.69, 9.17) is 20.2 Å². The molecule has 0 saturated carbocycles. The Kier molecular flexibility index (Phi) is 7.02. The maximum atomic E-state index is 11.5. The normalized spacial score (nSPS) is 16.0. The molecular weight excluding hydrogens is 374 g/mol. The van der Waals surface area contributed by atoms with Crippen LogP contribution in [0.4, 0.5) is 17.2 Å². The van der Waals surface area contributed by atoms with Crippen LogP contribution in [0.2, 0.25) is 0 Å². The van der Waals surface area contributed by atoms with Gasteiger partial charge < -0.3 is 25.4 Å². The number of nitrogens with zero attached hydrogens (tertiary/aromatic N) is 4. The Morgan fingerprint density at radius 1 is 1.31 bits per heavy atom. The van der Waals surface area contributed by atoms with Gasteiger partial charge in [0.25, 0.3) is 5.91 Å². The van der Waals surface area contributed by atoms with E-state index in [-0.39, 0.29) is 11.8 Å². The smallest absolute Gasteiger partial charge is 0.268 e. The third kappa shape index (κ3) is 5.03. The lowest BCUT2D eigenvalue weighted by Crippen LogP contribution is -2.47. The van der Waals surface area contributed by atoms with Crippen LogP contribution in [-0.4, -0.2) is 79.5 Å². The summed E-state index contributed by atoms with van der Waals surface area (Å²) >= 11 is 0. The van der Waals surface area contributed by atoms with Crippen LogP contribution in [0.3, 0.4) is 0 Å². The molecule has 1 unspecified atom stereocenters. The molecule has 10 nitrogen and oxygen atoms in total. The van der Waals surface area contributed by atoms with Gasteiger partial charge in [-0.15, -0.1) is 0 Å². The molecule has 1 aliphatic rings. The number of nitrogens with two attached hydrogens (primary N) is 1. The van der Waals surface area contributed by atoms with Crippen LogP contribution < -0.4 is 16.0 Å². The van der Waals surface area contributed by atoms with E-state index in [1.807, 2.05) is 19.1 Å². The number of ether oxygens (including phenoxy) is 2. The van der Waals surface area contributed by atoms with Crippen LogP contribution in [0, 0.1) is 0 Å². The van der Waals surface area contributed by atoms with Gasteiger partial charge in [0.15, 0.2) is 0 Å². The molecule has 0 radical (unpaired) electrons. The highest BCUT2D eigenvalue weighted by atomic mass is 16.5. The van der Waals surface area contributed by atoms with Gasteiger partial charge in [0.1, 0.15) is 11.5 Å². The number of hydrogen-bond acceptors (Lipinski definition) is 8. The molecule has 0 aliphatic carbocycles. The molecule has 1 aliphatic heterocycles. The van der Waals surface area contributed by atoms with Gasteiger partial charge in [-0.2, -0.15) is 5.10 Å². The maximum Gasteiger partial charge on any atom is 0.268 e. The highest BCUT2D eigenvalue weighted by Gasteiger charge is 2.23. The lowest BCUT2D eigenvalue weighted by Gasteiger charge is -2.37. The average molecular weight is 403 g/mol. The number of carbonyl (C=O) groups excluding carboxylic acids is 1. The first-order valence-electron chi connectivity index (χ1n) is 9.63. The predicted molar refractivity (Wildman–Crippen MR) is 111 cm³/mol. The zero-order valence-corrected chi connectivity index (χ0v) is 17.1. The molecule has 29 heavy (non-hydrogen) atoms. The average Bonchev–Trinajstić information content (AvgIpc) is 3.20. The number of H-pyrrole nitrogens is 1. The SMILES string of the molecule is COCCN1CCN(c2ccc(Nc3cn[nH]c3C(N)=O)nc2C(C)OC)CC1. The number of piperazine rings is 1. The second-order valence-corrected chi connectivity index (χ2v) is 6.95. The first-order valence-corrected chi connectivity index (χ1v) is 9.63. The third-order valence-corrected chi connectivity index (χ3v) is 5.11. The fourth-order valence-corrected chi connectivity index (χ4v) is 3.35. The molecule has 4 N–H and O–H groups in total. The van der Waals surface area contributed by atoms with Crippen molar-refractivity contribution in [2.75, 3.05) is 63.8 Å². The van der Waals surface area contributed by atoms with E-state index < -0.39 is 5.91 Å². The zero-order valence-electron chi connectivity index (χ0n) is 17.1. The Balaban J connectivity index is 1.78. The number of methoxy groups -OCH3 is 2. The molecule has 2 aromatic rings. The third-order valence-electron chi connectivity index (χ3n) is 5.11. The molecule has 10 heteroatoms. The summed E-state index contributed by atoms with van der Waals surface area (Å²) in [6, 6.07) is 3.92. The van der Waals surface area contributed by atoms with Crippen molar-refractivity contribution in [3.63, 3.8) is 0 Å². The topological polar surface area (TPSA) is 122 Å². The number of primary amides is 1. The van der Waals surface area contributed by atoms with E-state index in [9.17, 15) is 4.79 Å². The van der Waals surface area contributed by atoms with Crippen molar-refractivity contribution >= 4 is 23.1 Å². The maximum absolute atomic E-state index is 11.5. The number of hydrogen-bond donors (Lipinski definition) is 3. The van der Waals surface area contributed by atoms with E-state index in [1.165, 1.54) is 6.20 Å². The van der Waals surface area contributed by atoms with Gasteiger partial charge in [0.2, 0.25) is 0 Å². The summed E-state index contributed by atoms with van der Waals surface area (Å²) in [6.45, 7) is 7.43. The predicted octanol–water partition coefficient (Wildman–Crippen LogP) is 1.12. The lowest BCUT2D eigenvalue weighted by molar-refractivity contribution is 0.0996. The van der Waals surface area contributed by atoms with Crippen molar-refractivity contribution in [1.29, 1.82) is 0 Å². The van der Waals surface area contributed by atoms with E-state index >= 15 is 0 Å². The van der Waals surface area contributed by atoms with Gasteiger partial charge in [-0.3, -0.25) is 14.8 Å². The molecule has 2 aromatic heterocycles. The summed E-state index contributed by atoms with van der Waals surface area (Å²) < 4.78 is 10.7. The number of rotatable bonds is 9. The quantitative estimate of drug-likeness (QED) is 0.569. The van der Waals surface area contributed by atoms with Crippen molar-refractivity contribution in [3.05, 3.63) is 29.7 Å². The Morgan fingerprint density at radius 2 is 2.07 bits per heavy atom. The van der Waals surface area contributed by atoms with Gasteiger partial charge >= 0.3 is 0 Å². The first-order chi connectivity index (χ1) is 14.0. The van der Waals surface area contributed by atoms with Crippen LogP contribution in [-0.2, 0) is 9.47 Å². The second kappa shape index (κ2) is 9.68. The van der Waals surface area contributed by atoms with Crippen LogP contribution >= 0.6 is 0 Å². The number of aromatic nitrogens is 3. The molecule has 158 valence electrons. The first kappa shape index (κ1) is 21.0. The molecule has 3 heterocycles. The van der Waals surface area contributed by atoms with Gasteiger partial charge in [0.05, 0.1) is 36.0 Å². The van der Waals surface area contributed by atoms with Crippen LogP contribution in [0.5, 0.6) is 0 Å². The summed E-state index contributed by atoms with van der Waals surface area (Å²) in [6.07, 6.45) is 1.33. The van der Waals surface area contributed by atoms with E-state index in [1.54, 1.807) is 14.2 Å². The van der Waals surface area contributed by atoms with Crippen LogP contribution in [0.1, 0.15) is 29.2 Å². The number of anilines is 3. The molecular formula is C19H29N7O3. The number of pyridine rings is 1. The summed E-state index contributed by atoms with van der Waals surface area (Å²) in [5, 5.41) is 9.58. The Hall–Kier alpha value is -2.69. The minimum Gasteiger partial charge on any atom is -0.383 e. The molecule has 1 amide bonds. The molecule has 1 fully saturated rings. The standard InChI is InChI=1S/C19H29N7O3/c1-13(29-3)17-15(26-8-6-25(7-9-26)10-11-28-2)4-5-16(23-17)22-14-12-21-24-18(14)19(20)27/h4-5,12-13H,6-11H2,1-3H3,(H2,20,27)(H,21,24)(H,22,23). The number of carbonyl (C=O) groups is 1. The highest BCUT2D eigenvalue weighted by Crippen LogP contribution is 2.30. The largest absolute Gasteiger partial charge is 0.383 e. The van der Waals surface area contributed by atoms with Gasteiger partial charge in [-0.1, -0.05) is 0 Å². The minimum atomic E-state index is -0.585. The summed E-state index contributed by atoms with van der Waals surface area (Å²) in [5.41, 5.74) is 7.96. The fourth-order valence-electron chi connectivity index (χ4n) is 3.35. The number of nitrogens with one attached hydrogen (secondary N) is 2. The number of amides is 1. The van der Waals surface area contributed by atoms with Gasteiger partial charge in [-0.25, -0.2) is 4.98 Å². The summed E-state index contributed by atoms with van der Waals surface area (Å²) in [4.78, 5) is 21.0. The summed E-state index contributed by atoms with van der Waals surface area (Å²) in [7, 11) is 3.39. The molecule has 3 rings (SSSR count). The molecule has 1 saturated heterocycles. The molecule has 0 bridgehead atoms. The van der Waals surface area contributed by atoms with Crippen molar-refractivity contribution in [3.8, 4) is 0 Å². The van der Waals surface area contributed by atoms with Crippen molar-refractivity contribution in [2.24, 2.45) is 5.73 Å². The van der Waals surface area contributed by atoms with Gasteiger partial charge in [0, 0.05) is 46.9 Å². The van der Waals surface area contributed by atoms with Crippen molar-refractivity contribution < 1.29 is 14.3 Å². The molecule has 0 aromatic carbocycles. The zero-order chi connectivity index (χ0) is 20.8. The van der Waals surface area contributed by atoms with Crippen LogP contribution in [0.25, 0.3) is 0 Å². The fraction of sp³-hybridized carbons (Fsp3) is 0.526. The van der Waals surface area contributed by atoms with E-state index in [2.05, 4.69) is 25.3 Å². The highest BCUT2D eigenvalue weighted by molar-refractivity contribution is 5.96. The van der Waals surface area contributed by atoms with E-state index in [0.29, 0.717) is 11.5 Å².